The van der Waals surface area contributed by atoms with Crippen molar-refractivity contribution in [3.8, 4) is 17.2 Å². The van der Waals surface area contributed by atoms with E-state index in [0.717, 1.165) is 11.1 Å². The second-order valence-electron chi connectivity index (χ2n) is 8.62. The predicted octanol–water partition coefficient (Wildman–Crippen LogP) is 3.54. The lowest BCUT2D eigenvalue weighted by Crippen LogP contribution is -2.48. The van der Waals surface area contributed by atoms with Gasteiger partial charge in [-0.15, -0.1) is 0 Å². The minimum atomic E-state index is -0.830. The maximum Gasteiger partial charge on any atom is 0.265 e. The fraction of sp³-hybridized carbons (Fsp3) is 0.250. The number of ether oxygens (including phenoxy) is 3. The summed E-state index contributed by atoms with van der Waals surface area (Å²) in [5.41, 5.74) is 7.41. The first kappa shape index (κ1) is 27.0. The third kappa shape index (κ3) is 6.62. The van der Waals surface area contributed by atoms with Crippen molar-refractivity contribution in [2.75, 3.05) is 20.8 Å². The smallest absolute Gasteiger partial charge is 0.265 e. The van der Waals surface area contributed by atoms with E-state index < -0.39 is 11.9 Å². The Balaban J connectivity index is 1.25. The Morgan fingerprint density at radius 3 is 2.32 bits per heavy atom. The molecule has 1 fully saturated rings. The molecule has 1 aliphatic heterocycles. The summed E-state index contributed by atoms with van der Waals surface area (Å²) in [4.78, 5) is 39.0. The number of nitrogens with zero attached hydrogens (tertiary/aromatic N) is 1. The van der Waals surface area contributed by atoms with Gasteiger partial charge in [-0.2, -0.15) is 0 Å². The van der Waals surface area contributed by atoms with Crippen LogP contribution in [-0.2, 0) is 22.6 Å². The highest BCUT2D eigenvalue weighted by molar-refractivity contribution is 6.30. The first-order valence-corrected chi connectivity index (χ1v) is 12.3. The zero-order valence-electron chi connectivity index (χ0n) is 21.0. The SMILES string of the molecule is COc1ccc(CCN2C(=O)CC(NNC(=O)c3ccc(COc4ccc(Cl)cc4)cc3)C2=O)cc1OC. The molecule has 0 radical (unpaired) electrons. The first-order valence-electron chi connectivity index (χ1n) is 12.0. The lowest BCUT2D eigenvalue weighted by Gasteiger charge is -2.16. The molecule has 2 N–H and O–H groups in total. The van der Waals surface area contributed by atoms with Crippen molar-refractivity contribution in [1.82, 2.24) is 15.8 Å². The number of imide groups is 1. The number of hydrazine groups is 1. The van der Waals surface area contributed by atoms with Gasteiger partial charge in [0.15, 0.2) is 11.5 Å². The highest BCUT2D eigenvalue weighted by atomic mass is 35.5. The number of halogens is 1. The molecule has 38 heavy (non-hydrogen) atoms. The van der Waals surface area contributed by atoms with Crippen LogP contribution in [-0.4, -0.2) is 49.4 Å². The van der Waals surface area contributed by atoms with Crippen LogP contribution < -0.4 is 25.1 Å². The number of hydrogen-bond acceptors (Lipinski definition) is 7. The van der Waals surface area contributed by atoms with Crippen molar-refractivity contribution in [1.29, 1.82) is 0 Å². The summed E-state index contributed by atoms with van der Waals surface area (Å²) in [6.45, 7) is 0.554. The largest absolute Gasteiger partial charge is 0.493 e. The van der Waals surface area contributed by atoms with Crippen LogP contribution >= 0.6 is 11.6 Å². The van der Waals surface area contributed by atoms with Gasteiger partial charge in [-0.3, -0.25) is 24.7 Å². The molecular formula is C28H28ClN3O6. The Morgan fingerprint density at radius 2 is 1.63 bits per heavy atom. The number of carbonyl (C=O) groups is 3. The third-order valence-electron chi connectivity index (χ3n) is 6.11. The van der Waals surface area contributed by atoms with E-state index >= 15 is 0 Å². The van der Waals surface area contributed by atoms with Gasteiger partial charge in [0.25, 0.3) is 5.91 Å². The van der Waals surface area contributed by atoms with E-state index in [9.17, 15) is 14.4 Å². The second-order valence-corrected chi connectivity index (χ2v) is 9.05. The average molecular weight is 538 g/mol. The molecule has 9 nitrogen and oxygen atoms in total. The van der Waals surface area contributed by atoms with Crippen molar-refractivity contribution in [2.24, 2.45) is 0 Å². The number of hydrogen-bond donors (Lipinski definition) is 2. The summed E-state index contributed by atoms with van der Waals surface area (Å²) in [7, 11) is 3.10. The van der Waals surface area contributed by atoms with E-state index in [2.05, 4.69) is 10.9 Å². The normalized spacial score (nSPS) is 14.9. The maximum absolute atomic E-state index is 12.8. The number of benzene rings is 3. The van der Waals surface area contributed by atoms with E-state index in [1.165, 1.54) is 4.90 Å². The van der Waals surface area contributed by atoms with Crippen molar-refractivity contribution in [3.63, 3.8) is 0 Å². The molecule has 0 bridgehead atoms. The van der Waals surface area contributed by atoms with Crippen LogP contribution in [0.4, 0.5) is 0 Å². The highest BCUT2D eigenvalue weighted by Gasteiger charge is 2.38. The van der Waals surface area contributed by atoms with Crippen LogP contribution in [0.3, 0.4) is 0 Å². The lowest BCUT2D eigenvalue weighted by molar-refractivity contribution is -0.138. The van der Waals surface area contributed by atoms with Gasteiger partial charge in [-0.1, -0.05) is 29.8 Å². The summed E-state index contributed by atoms with van der Waals surface area (Å²) in [5, 5.41) is 0.632. The van der Waals surface area contributed by atoms with Crippen molar-refractivity contribution in [2.45, 2.75) is 25.5 Å². The van der Waals surface area contributed by atoms with E-state index in [1.54, 1.807) is 68.8 Å². The number of rotatable bonds is 11. The van der Waals surface area contributed by atoms with Gasteiger partial charge in [-0.05, 0) is 66.1 Å². The maximum atomic E-state index is 12.8. The van der Waals surface area contributed by atoms with Gasteiger partial charge in [-0.25, -0.2) is 5.43 Å². The van der Waals surface area contributed by atoms with Crippen LogP contribution in [0.1, 0.15) is 27.9 Å². The molecule has 1 heterocycles. The minimum Gasteiger partial charge on any atom is -0.493 e. The molecule has 0 aromatic heterocycles. The molecule has 3 amide bonds. The molecule has 1 aliphatic rings. The number of amides is 3. The van der Waals surface area contributed by atoms with Crippen molar-refractivity contribution < 1.29 is 28.6 Å². The molecule has 1 saturated heterocycles. The molecule has 3 aromatic rings. The molecule has 1 atom stereocenters. The second kappa shape index (κ2) is 12.4. The van der Waals surface area contributed by atoms with E-state index in [1.807, 2.05) is 12.1 Å². The van der Waals surface area contributed by atoms with Gasteiger partial charge in [0, 0.05) is 17.1 Å². The third-order valence-corrected chi connectivity index (χ3v) is 6.36. The van der Waals surface area contributed by atoms with Gasteiger partial charge in [0.05, 0.1) is 20.6 Å². The predicted molar refractivity (Wildman–Crippen MR) is 141 cm³/mol. The lowest BCUT2D eigenvalue weighted by atomic mass is 10.1. The number of carbonyl (C=O) groups excluding carboxylic acids is 3. The summed E-state index contributed by atoms with van der Waals surface area (Å²) in [6.07, 6.45) is 0.428. The van der Waals surface area contributed by atoms with E-state index in [-0.39, 0.29) is 24.8 Å². The topological polar surface area (TPSA) is 106 Å². The quantitative estimate of drug-likeness (QED) is 0.285. The van der Waals surface area contributed by atoms with Crippen LogP contribution in [0, 0.1) is 0 Å². The Bertz CT molecular complexity index is 1300. The van der Waals surface area contributed by atoms with Gasteiger partial charge in [0.2, 0.25) is 11.8 Å². The average Bonchev–Trinajstić information content (AvgIpc) is 3.21. The monoisotopic (exact) mass is 537 g/mol. The van der Waals surface area contributed by atoms with Crippen molar-refractivity contribution >= 4 is 29.3 Å². The molecule has 0 saturated carbocycles. The first-order chi connectivity index (χ1) is 18.4. The van der Waals surface area contributed by atoms with Crippen LogP contribution in [0.25, 0.3) is 0 Å². The summed E-state index contributed by atoms with van der Waals surface area (Å²) < 4.78 is 16.2. The Labute approximate surface area is 225 Å². The van der Waals surface area contributed by atoms with Gasteiger partial charge < -0.3 is 14.2 Å². The zero-order valence-corrected chi connectivity index (χ0v) is 21.8. The van der Waals surface area contributed by atoms with Crippen LogP contribution in [0.2, 0.25) is 5.02 Å². The van der Waals surface area contributed by atoms with Crippen molar-refractivity contribution in [3.05, 3.63) is 88.4 Å². The van der Waals surface area contributed by atoms with E-state index in [0.29, 0.717) is 40.9 Å². The fourth-order valence-electron chi connectivity index (χ4n) is 3.98. The molecule has 3 aromatic carbocycles. The molecular weight excluding hydrogens is 510 g/mol. The Kier molecular flexibility index (Phi) is 8.83. The van der Waals surface area contributed by atoms with Crippen LogP contribution in [0.15, 0.2) is 66.7 Å². The molecule has 0 spiro atoms. The van der Waals surface area contributed by atoms with Gasteiger partial charge >= 0.3 is 0 Å². The molecule has 10 heteroatoms. The number of nitrogens with one attached hydrogen (secondary N) is 2. The molecule has 4 rings (SSSR count). The zero-order chi connectivity index (χ0) is 27.1. The number of likely N-dealkylation sites (tertiary alicyclic amines) is 1. The Morgan fingerprint density at radius 1 is 0.947 bits per heavy atom. The highest BCUT2D eigenvalue weighted by Crippen LogP contribution is 2.28. The van der Waals surface area contributed by atoms with Gasteiger partial charge in [0.1, 0.15) is 18.4 Å². The summed E-state index contributed by atoms with van der Waals surface area (Å²) in [6, 6.07) is 18.6. The minimum absolute atomic E-state index is 0.0357. The summed E-state index contributed by atoms with van der Waals surface area (Å²) in [5.74, 6) is 0.768. The van der Waals surface area contributed by atoms with E-state index in [4.69, 9.17) is 25.8 Å². The summed E-state index contributed by atoms with van der Waals surface area (Å²) >= 11 is 5.88. The molecule has 0 aliphatic carbocycles. The Hall–Kier alpha value is -4.08. The molecule has 198 valence electrons. The number of methoxy groups -OCH3 is 2. The standard InChI is InChI=1S/C28H28ClN3O6/c1-36-24-12-5-18(15-25(24)37-2)13-14-32-26(33)16-23(28(32)35)30-31-27(34)20-6-3-19(4-7-20)17-38-22-10-8-21(29)9-11-22/h3-12,15,23,30H,13-14,16-17H2,1-2H3,(H,31,34). The van der Waals surface area contributed by atoms with Crippen LogP contribution in [0.5, 0.6) is 17.2 Å². The molecule has 1 unspecified atom stereocenters. The fourth-order valence-corrected chi connectivity index (χ4v) is 4.11.